The predicted molar refractivity (Wildman–Crippen MR) is 50.2 cm³/mol. The van der Waals surface area contributed by atoms with Crippen LogP contribution in [0.2, 0.25) is 0 Å². The summed E-state index contributed by atoms with van der Waals surface area (Å²) in [6.45, 7) is 5.53. The molecule has 0 aromatic carbocycles. The molecular weight excluding hydrogens is 196 g/mol. The second-order valence-electron chi connectivity index (χ2n) is 4.09. The third-order valence-corrected chi connectivity index (χ3v) is 2.69. The lowest BCUT2D eigenvalue weighted by atomic mass is 10.1. The van der Waals surface area contributed by atoms with E-state index < -0.39 is 23.3 Å². The number of aliphatic carboxylic acids is 1. The maximum absolute atomic E-state index is 10.9. The molecule has 0 aromatic rings. The van der Waals surface area contributed by atoms with Crippen molar-refractivity contribution < 1.29 is 19.4 Å². The molecule has 2 atom stereocenters. The molecule has 0 spiro atoms. The van der Waals surface area contributed by atoms with Crippen LogP contribution in [0.5, 0.6) is 0 Å². The van der Waals surface area contributed by atoms with Gasteiger partial charge in [-0.15, -0.1) is 0 Å². The summed E-state index contributed by atoms with van der Waals surface area (Å²) in [4.78, 5) is 21.6. The van der Waals surface area contributed by atoms with Gasteiger partial charge in [0, 0.05) is 23.7 Å². The monoisotopic (exact) mass is 209 g/mol. The van der Waals surface area contributed by atoms with Crippen molar-refractivity contribution in [1.82, 2.24) is 0 Å². The van der Waals surface area contributed by atoms with Gasteiger partial charge in [0.1, 0.15) is 0 Å². The van der Waals surface area contributed by atoms with Crippen LogP contribution < -0.4 is 5.11 Å². The van der Waals surface area contributed by atoms with Gasteiger partial charge in [-0.3, -0.25) is 0 Å². The minimum atomic E-state index is -1.11. The molecule has 0 bridgehead atoms. The van der Waals surface area contributed by atoms with Gasteiger partial charge in [-0.05, 0) is 12.3 Å². The average molecular weight is 209 g/mol. The second kappa shape index (κ2) is 3.93. The van der Waals surface area contributed by atoms with Crippen molar-refractivity contribution in [2.24, 2.45) is 17.3 Å². The molecule has 0 amide bonds. The molecule has 4 heteroatoms. The highest BCUT2D eigenvalue weighted by Crippen LogP contribution is 2.57. The Labute approximate surface area is 88.6 Å². The quantitative estimate of drug-likeness (QED) is 0.352. The van der Waals surface area contributed by atoms with E-state index in [9.17, 15) is 14.7 Å². The van der Waals surface area contributed by atoms with Gasteiger partial charge in [0.25, 0.3) is 0 Å². The molecule has 0 radical (unpaired) electrons. The van der Waals surface area contributed by atoms with Crippen LogP contribution in [0.25, 0.3) is 0 Å². The van der Waals surface area contributed by atoms with E-state index in [4.69, 9.17) is 0 Å². The number of esters is 1. The number of rotatable bonds is 2. The first-order chi connectivity index (χ1) is 6.91. The number of carboxylic acid groups (broad SMARTS) is 1. The summed E-state index contributed by atoms with van der Waals surface area (Å²) >= 11 is 0. The van der Waals surface area contributed by atoms with Crippen molar-refractivity contribution in [3.63, 3.8) is 0 Å². The lowest BCUT2D eigenvalue weighted by Gasteiger charge is -2.00. The SMILES string of the molecule is CCOC(=O)C#CC1C(C(=O)[O-])C1(C)C. The van der Waals surface area contributed by atoms with Crippen LogP contribution in [0.3, 0.4) is 0 Å². The van der Waals surface area contributed by atoms with Crippen molar-refractivity contribution in [1.29, 1.82) is 0 Å². The van der Waals surface area contributed by atoms with E-state index in [2.05, 4.69) is 16.6 Å². The predicted octanol–water partition coefficient (Wildman–Crippen LogP) is -0.425. The van der Waals surface area contributed by atoms with Crippen LogP contribution in [0.4, 0.5) is 0 Å². The molecule has 15 heavy (non-hydrogen) atoms. The van der Waals surface area contributed by atoms with E-state index in [1.165, 1.54) is 0 Å². The van der Waals surface area contributed by atoms with Gasteiger partial charge in [0.2, 0.25) is 0 Å². The van der Waals surface area contributed by atoms with Crippen LogP contribution in [-0.4, -0.2) is 18.5 Å². The molecule has 1 aliphatic rings. The number of hydrogen-bond acceptors (Lipinski definition) is 4. The highest BCUT2D eigenvalue weighted by atomic mass is 16.5. The lowest BCUT2D eigenvalue weighted by Crippen LogP contribution is -2.26. The summed E-state index contributed by atoms with van der Waals surface area (Å²) in [5, 5.41) is 10.7. The minimum Gasteiger partial charge on any atom is -0.550 e. The molecule has 0 N–H and O–H groups in total. The van der Waals surface area contributed by atoms with Crippen LogP contribution in [0, 0.1) is 29.1 Å². The molecule has 1 fully saturated rings. The maximum Gasteiger partial charge on any atom is 0.384 e. The molecule has 1 aliphatic carbocycles. The average Bonchev–Trinajstić information content (AvgIpc) is 2.65. The number of hydrogen-bond donors (Lipinski definition) is 0. The summed E-state index contributed by atoms with van der Waals surface area (Å²) in [7, 11) is 0. The smallest absolute Gasteiger partial charge is 0.384 e. The minimum absolute atomic E-state index is 0.269. The van der Waals surface area contributed by atoms with E-state index in [-0.39, 0.29) is 12.5 Å². The highest BCUT2D eigenvalue weighted by Gasteiger charge is 2.57. The lowest BCUT2D eigenvalue weighted by molar-refractivity contribution is -0.308. The number of carboxylic acids is 1. The van der Waals surface area contributed by atoms with Gasteiger partial charge in [0.15, 0.2) is 0 Å². The first-order valence-electron chi connectivity index (χ1n) is 4.80. The number of carbonyl (C=O) groups is 2. The first-order valence-corrected chi connectivity index (χ1v) is 4.80. The van der Waals surface area contributed by atoms with E-state index in [1.807, 2.05) is 0 Å². The van der Waals surface area contributed by atoms with Crippen molar-refractivity contribution in [3.05, 3.63) is 0 Å². The van der Waals surface area contributed by atoms with E-state index >= 15 is 0 Å². The fourth-order valence-corrected chi connectivity index (χ4v) is 1.65. The standard InChI is InChI=1S/C11H14O4/c1-4-15-8(12)6-5-7-9(10(13)14)11(7,2)3/h7,9H,4H2,1-3H3,(H,13,14)/p-1. The van der Waals surface area contributed by atoms with Gasteiger partial charge in [-0.1, -0.05) is 19.8 Å². The summed E-state index contributed by atoms with van der Waals surface area (Å²) in [5.41, 5.74) is -0.404. The largest absolute Gasteiger partial charge is 0.550 e. The van der Waals surface area contributed by atoms with E-state index in [0.29, 0.717) is 0 Å². The van der Waals surface area contributed by atoms with Gasteiger partial charge in [-0.25, -0.2) is 4.79 Å². The van der Waals surface area contributed by atoms with Crippen LogP contribution in [0.15, 0.2) is 0 Å². The zero-order valence-corrected chi connectivity index (χ0v) is 8.99. The van der Waals surface area contributed by atoms with E-state index in [0.717, 1.165) is 0 Å². The van der Waals surface area contributed by atoms with E-state index in [1.54, 1.807) is 20.8 Å². The fourth-order valence-electron chi connectivity index (χ4n) is 1.65. The van der Waals surface area contributed by atoms with Gasteiger partial charge >= 0.3 is 5.97 Å². The normalized spacial score (nSPS) is 26.1. The molecule has 2 unspecified atom stereocenters. The molecule has 1 saturated carbocycles. The van der Waals surface area contributed by atoms with Crippen LogP contribution in [0.1, 0.15) is 20.8 Å². The molecule has 0 aliphatic heterocycles. The Bertz CT molecular complexity index is 345. The second-order valence-corrected chi connectivity index (χ2v) is 4.09. The Hall–Kier alpha value is -1.50. The Balaban J connectivity index is 2.62. The van der Waals surface area contributed by atoms with Crippen molar-refractivity contribution >= 4 is 11.9 Å². The molecule has 4 nitrogen and oxygen atoms in total. The molecular formula is C11H13O4-. The van der Waals surface area contributed by atoms with Crippen LogP contribution >= 0.6 is 0 Å². The number of carbonyl (C=O) groups excluding carboxylic acids is 2. The molecule has 0 aromatic heterocycles. The Morgan fingerprint density at radius 3 is 2.47 bits per heavy atom. The summed E-state index contributed by atoms with van der Waals surface area (Å²) in [5.74, 6) is 2.28. The fraction of sp³-hybridized carbons (Fsp3) is 0.636. The summed E-state index contributed by atoms with van der Waals surface area (Å²) < 4.78 is 4.61. The first kappa shape index (κ1) is 11.6. The molecule has 0 saturated heterocycles. The summed E-state index contributed by atoms with van der Waals surface area (Å²) in [6, 6.07) is 0. The van der Waals surface area contributed by atoms with Crippen LogP contribution in [-0.2, 0) is 14.3 Å². The summed E-state index contributed by atoms with van der Waals surface area (Å²) in [6.07, 6.45) is 0. The maximum atomic E-state index is 10.9. The topological polar surface area (TPSA) is 66.4 Å². The Kier molecular flexibility index (Phi) is 3.04. The number of ether oxygens (including phenoxy) is 1. The zero-order valence-electron chi connectivity index (χ0n) is 8.99. The Morgan fingerprint density at radius 2 is 2.07 bits per heavy atom. The molecule has 1 rings (SSSR count). The van der Waals surface area contributed by atoms with Crippen molar-refractivity contribution in [2.45, 2.75) is 20.8 Å². The highest BCUT2D eigenvalue weighted by molar-refractivity contribution is 5.89. The van der Waals surface area contributed by atoms with Crippen molar-refractivity contribution in [3.8, 4) is 11.8 Å². The zero-order chi connectivity index (χ0) is 11.6. The third-order valence-electron chi connectivity index (χ3n) is 2.69. The Morgan fingerprint density at radius 1 is 1.47 bits per heavy atom. The van der Waals surface area contributed by atoms with Crippen molar-refractivity contribution in [2.75, 3.05) is 6.61 Å². The molecule has 82 valence electrons. The van der Waals surface area contributed by atoms with Gasteiger partial charge < -0.3 is 14.6 Å². The third kappa shape index (κ3) is 2.30. The van der Waals surface area contributed by atoms with Gasteiger partial charge in [0.05, 0.1) is 6.61 Å². The molecule has 0 heterocycles. The van der Waals surface area contributed by atoms with Gasteiger partial charge in [-0.2, -0.15) is 0 Å².